The van der Waals surface area contributed by atoms with Crippen LogP contribution in [-0.2, 0) is 22.1 Å². The molecule has 4 rings (SSSR count). The van der Waals surface area contributed by atoms with Crippen LogP contribution < -0.4 is 5.32 Å². The molecule has 1 atom stereocenters. The molecule has 34 heavy (non-hydrogen) atoms. The average Bonchev–Trinajstić information content (AvgIpc) is 3.11. The lowest BCUT2D eigenvalue weighted by Crippen LogP contribution is -2.43. The van der Waals surface area contributed by atoms with E-state index in [1.165, 1.54) is 0 Å². The zero-order valence-corrected chi connectivity index (χ0v) is 18.4. The van der Waals surface area contributed by atoms with Crippen LogP contribution >= 0.6 is 11.6 Å². The van der Waals surface area contributed by atoms with Crippen molar-refractivity contribution in [2.24, 2.45) is 0 Å². The van der Waals surface area contributed by atoms with Crippen LogP contribution in [0.3, 0.4) is 0 Å². The first kappa shape index (κ1) is 23.6. The van der Waals surface area contributed by atoms with E-state index < -0.39 is 36.3 Å². The van der Waals surface area contributed by atoms with Crippen LogP contribution in [0.15, 0.2) is 66.7 Å². The number of benzene rings is 3. The summed E-state index contributed by atoms with van der Waals surface area (Å²) < 4.78 is 44.4. The molecule has 0 saturated heterocycles. The number of carbonyl (C=O) groups excluding carboxylic acids is 1. The zero-order chi connectivity index (χ0) is 24.5. The molecule has 0 aliphatic heterocycles. The minimum Gasteiger partial charge on any atom is -0.480 e. The van der Waals surface area contributed by atoms with Gasteiger partial charge in [0.1, 0.15) is 12.6 Å². The smallest absolute Gasteiger partial charge is 0.416 e. The summed E-state index contributed by atoms with van der Waals surface area (Å²) in [5.74, 6) is -1.65. The molecule has 1 aliphatic carbocycles. The number of amides is 1. The number of nitrogens with one attached hydrogen (secondary N) is 1. The lowest BCUT2D eigenvalue weighted by Gasteiger charge is -2.18. The van der Waals surface area contributed by atoms with Gasteiger partial charge in [-0.15, -0.1) is 0 Å². The number of halogens is 4. The Bertz CT molecular complexity index is 1200. The number of alkyl carbamates (subject to hydrolysis) is 1. The number of ether oxygens (including phenoxy) is 1. The number of hydrogen-bond donors (Lipinski definition) is 2. The maximum Gasteiger partial charge on any atom is 0.416 e. The van der Waals surface area contributed by atoms with Gasteiger partial charge in [0.15, 0.2) is 0 Å². The highest BCUT2D eigenvalue weighted by atomic mass is 35.5. The number of carboxylic acid groups (broad SMARTS) is 1. The van der Waals surface area contributed by atoms with E-state index >= 15 is 0 Å². The number of fused-ring (bicyclic) bond motifs is 3. The molecular weight excluding hydrogens is 471 g/mol. The summed E-state index contributed by atoms with van der Waals surface area (Å²) >= 11 is 5.97. The Morgan fingerprint density at radius 1 is 1.00 bits per heavy atom. The van der Waals surface area contributed by atoms with Gasteiger partial charge < -0.3 is 15.2 Å². The number of carbonyl (C=O) groups is 2. The second kappa shape index (κ2) is 9.38. The third-order valence-electron chi connectivity index (χ3n) is 5.73. The number of hydrogen-bond acceptors (Lipinski definition) is 3. The second-order valence-corrected chi connectivity index (χ2v) is 8.28. The van der Waals surface area contributed by atoms with Crippen LogP contribution in [0, 0.1) is 0 Å². The highest BCUT2D eigenvalue weighted by molar-refractivity contribution is 6.31. The molecule has 0 fully saturated rings. The molecule has 176 valence electrons. The average molecular weight is 490 g/mol. The van der Waals surface area contributed by atoms with E-state index in [1.54, 1.807) is 0 Å². The van der Waals surface area contributed by atoms with Crippen LogP contribution in [-0.4, -0.2) is 29.8 Å². The Balaban J connectivity index is 1.46. The topological polar surface area (TPSA) is 75.6 Å². The molecule has 1 unspecified atom stereocenters. The molecule has 5 nitrogen and oxygen atoms in total. The van der Waals surface area contributed by atoms with Gasteiger partial charge in [-0.1, -0.05) is 60.1 Å². The van der Waals surface area contributed by atoms with Crippen molar-refractivity contribution in [2.75, 3.05) is 6.61 Å². The van der Waals surface area contributed by atoms with Crippen molar-refractivity contribution in [1.82, 2.24) is 5.32 Å². The second-order valence-electron chi connectivity index (χ2n) is 7.87. The van der Waals surface area contributed by atoms with E-state index in [2.05, 4.69) is 5.32 Å². The van der Waals surface area contributed by atoms with Gasteiger partial charge in [0.2, 0.25) is 0 Å². The first-order valence-electron chi connectivity index (χ1n) is 10.3. The van der Waals surface area contributed by atoms with Gasteiger partial charge in [0, 0.05) is 17.4 Å². The Morgan fingerprint density at radius 2 is 1.59 bits per heavy atom. The van der Waals surface area contributed by atoms with Gasteiger partial charge in [-0.25, -0.2) is 9.59 Å². The Hall–Kier alpha value is -3.52. The van der Waals surface area contributed by atoms with Crippen molar-refractivity contribution in [3.63, 3.8) is 0 Å². The summed E-state index contributed by atoms with van der Waals surface area (Å²) in [6.07, 6.45) is -6.04. The van der Waals surface area contributed by atoms with Crippen molar-refractivity contribution in [1.29, 1.82) is 0 Å². The highest BCUT2D eigenvalue weighted by Crippen LogP contribution is 2.44. The quantitative estimate of drug-likeness (QED) is 0.452. The van der Waals surface area contributed by atoms with Crippen LogP contribution in [0.2, 0.25) is 5.02 Å². The molecule has 0 saturated carbocycles. The van der Waals surface area contributed by atoms with Gasteiger partial charge in [0.05, 0.1) is 5.56 Å². The molecule has 1 aliphatic rings. The summed E-state index contributed by atoms with van der Waals surface area (Å²) in [6, 6.07) is 16.5. The molecular formula is C25H19ClF3NO4. The van der Waals surface area contributed by atoms with Gasteiger partial charge in [-0.2, -0.15) is 13.2 Å². The van der Waals surface area contributed by atoms with Crippen molar-refractivity contribution >= 4 is 23.7 Å². The third-order valence-corrected chi connectivity index (χ3v) is 6.10. The van der Waals surface area contributed by atoms with Gasteiger partial charge in [-0.05, 0) is 46.0 Å². The highest BCUT2D eigenvalue weighted by Gasteiger charge is 2.32. The monoisotopic (exact) mass is 489 g/mol. The Morgan fingerprint density at radius 3 is 2.15 bits per heavy atom. The molecule has 0 spiro atoms. The third kappa shape index (κ3) is 4.87. The van der Waals surface area contributed by atoms with Crippen molar-refractivity contribution < 1.29 is 32.6 Å². The van der Waals surface area contributed by atoms with Gasteiger partial charge in [0.25, 0.3) is 0 Å². The summed E-state index contributed by atoms with van der Waals surface area (Å²) in [7, 11) is 0. The molecule has 0 heterocycles. The standard InChI is InChI=1S/C25H19ClF3NO4/c26-21-10-9-15(25(27,28)29)11-14(21)12-22(23(31)32)30-24(33)34-13-20-18-7-3-1-5-16(18)17-6-2-4-8-19(17)20/h1-11,20,22H,12-13H2,(H,30,33)(H,31,32). The lowest BCUT2D eigenvalue weighted by atomic mass is 9.98. The molecule has 3 aromatic carbocycles. The van der Waals surface area contributed by atoms with Gasteiger partial charge >= 0.3 is 18.2 Å². The fraction of sp³-hybridized carbons (Fsp3) is 0.200. The minimum absolute atomic E-state index is 0.0312. The molecule has 0 aromatic heterocycles. The van der Waals surface area contributed by atoms with E-state index in [1.807, 2.05) is 48.5 Å². The number of alkyl halides is 3. The first-order chi connectivity index (χ1) is 16.1. The van der Waals surface area contributed by atoms with Crippen molar-refractivity contribution in [3.8, 4) is 11.1 Å². The Labute approximate surface area is 198 Å². The van der Waals surface area contributed by atoms with E-state index in [4.69, 9.17) is 16.3 Å². The fourth-order valence-corrected chi connectivity index (χ4v) is 4.30. The van der Waals surface area contributed by atoms with E-state index in [0.29, 0.717) is 0 Å². The van der Waals surface area contributed by atoms with Crippen LogP contribution in [0.25, 0.3) is 11.1 Å². The van der Waals surface area contributed by atoms with E-state index in [0.717, 1.165) is 40.5 Å². The zero-order valence-electron chi connectivity index (χ0n) is 17.6. The van der Waals surface area contributed by atoms with Crippen LogP contribution in [0.4, 0.5) is 18.0 Å². The molecule has 9 heteroatoms. The van der Waals surface area contributed by atoms with Crippen molar-refractivity contribution in [2.45, 2.75) is 24.6 Å². The molecule has 3 aromatic rings. The van der Waals surface area contributed by atoms with Gasteiger partial charge in [-0.3, -0.25) is 0 Å². The maximum absolute atomic E-state index is 13.0. The SMILES string of the molecule is O=C(NC(Cc1cc(C(F)(F)F)ccc1Cl)C(=O)O)OCC1c2ccccc2-c2ccccc21. The Kier molecular flexibility index (Phi) is 6.52. The lowest BCUT2D eigenvalue weighted by molar-refractivity contribution is -0.139. The number of aliphatic carboxylic acids is 1. The minimum atomic E-state index is -4.61. The first-order valence-corrected chi connectivity index (χ1v) is 10.7. The summed E-state index contributed by atoms with van der Waals surface area (Å²) in [5, 5.41) is 11.7. The molecule has 2 N–H and O–H groups in total. The van der Waals surface area contributed by atoms with Crippen LogP contribution in [0.1, 0.15) is 28.2 Å². The normalized spacial score (nSPS) is 13.6. The predicted octanol–water partition coefficient (Wildman–Crippen LogP) is 5.89. The molecule has 0 radical (unpaired) electrons. The van der Waals surface area contributed by atoms with E-state index in [9.17, 15) is 27.9 Å². The number of rotatable bonds is 6. The summed E-state index contributed by atoms with van der Waals surface area (Å²) in [4.78, 5) is 24.1. The summed E-state index contributed by atoms with van der Waals surface area (Å²) in [6.45, 7) is -0.0312. The largest absolute Gasteiger partial charge is 0.480 e. The van der Waals surface area contributed by atoms with Crippen molar-refractivity contribution in [3.05, 3.63) is 94.0 Å². The predicted molar refractivity (Wildman–Crippen MR) is 120 cm³/mol. The van der Waals surface area contributed by atoms with Crippen LogP contribution in [0.5, 0.6) is 0 Å². The summed E-state index contributed by atoms with van der Waals surface area (Å²) in [5.41, 5.74) is 3.04. The molecule has 0 bridgehead atoms. The van der Waals surface area contributed by atoms with E-state index in [-0.39, 0.29) is 23.1 Å². The maximum atomic E-state index is 13.0. The molecule has 1 amide bonds. The number of carboxylic acids is 1. The fourth-order valence-electron chi connectivity index (χ4n) is 4.11.